The third-order valence-electron chi connectivity index (χ3n) is 3.80. The molecule has 0 radical (unpaired) electrons. The van der Waals surface area contributed by atoms with Crippen molar-refractivity contribution in [3.8, 4) is 11.3 Å². The molecule has 6 nitrogen and oxygen atoms in total. The van der Waals surface area contributed by atoms with Gasteiger partial charge in [0.25, 0.3) is 0 Å². The quantitative estimate of drug-likeness (QED) is 0.725. The monoisotopic (exact) mass is 331 g/mol. The lowest BCUT2D eigenvalue weighted by Gasteiger charge is -2.18. The molecule has 0 unspecified atom stereocenters. The van der Waals surface area contributed by atoms with Crippen molar-refractivity contribution in [1.29, 1.82) is 0 Å². The molecular formula is C16H19N4O2S+. The maximum Gasteiger partial charge on any atom is 0.401 e. The predicted octanol–water partition coefficient (Wildman–Crippen LogP) is 1.85. The molecule has 1 aromatic carbocycles. The molecule has 23 heavy (non-hydrogen) atoms. The number of aromatic amines is 1. The highest BCUT2D eigenvalue weighted by Gasteiger charge is 2.21. The average molecular weight is 331 g/mol. The van der Waals surface area contributed by atoms with Gasteiger partial charge in [0.05, 0.1) is 11.1 Å². The number of sulfonamides is 1. The summed E-state index contributed by atoms with van der Waals surface area (Å²) in [6, 6.07) is 8.76. The molecule has 1 N–H and O–H groups in total. The van der Waals surface area contributed by atoms with E-state index < -0.39 is 10.0 Å². The molecule has 3 aromatic rings. The highest BCUT2D eigenvalue weighted by Crippen LogP contribution is 2.21. The molecule has 0 aliphatic carbocycles. The second-order valence-electron chi connectivity index (χ2n) is 5.13. The van der Waals surface area contributed by atoms with Crippen LogP contribution in [-0.4, -0.2) is 35.8 Å². The molecule has 7 heteroatoms. The first-order valence-electron chi connectivity index (χ1n) is 7.52. The number of rotatable bonds is 5. The number of imidazole rings is 1. The lowest BCUT2D eigenvalue weighted by Crippen LogP contribution is -2.30. The third-order valence-corrected chi connectivity index (χ3v) is 5.86. The van der Waals surface area contributed by atoms with Crippen LogP contribution in [0.4, 0.5) is 0 Å². The van der Waals surface area contributed by atoms with Crippen LogP contribution in [0.1, 0.15) is 13.8 Å². The van der Waals surface area contributed by atoms with Gasteiger partial charge >= 0.3 is 5.78 Å². The van der Waals surface area contributed by atoms with Gasteiger partial charge in [0.1, 0.15) is 18.1 Å². The summed E-state index contributed by atoms with van der Waals surface area (Å²) in [5, 5.41) is 0. The zero-order valence-electron chi connectivity index (χ0n) is 13.1. The van der Waals surface area contributed by atoms with Gasteiger partial charge in [-0.15, -0.1) is 0 Å². The lowest BCUT2D eigenvalue weighted by atomic mass is 10.2. The molecule has 2 heterocycles. The fourth-order valence-electron chi connectivity index (χ4n) is 2.54. The van der Waals surface area contributed by atoms with Crippen molar-refractivity contribution in [3.63, 3.8) is 0 Å². The summed E-state index contributed by atoms with van der Waals surface area (Å²) in [6.45, 7) is 4.60. The Kier molecular flexibility index (Phi) is 4.14. The van der Waals surface area contributed by atoms with Crippen LogP contribution in [0.25, 0.3) is 17.0 Å². The number of aromatic nitrogens is 3. The van der Waals surface area contributed by atoms with Crippen LogP contribution < -0.4 is 4.40 Å². The maximum atomic E-state index is 12.5. The molecule has 0 atom stereocenters. The van der Waals surface area contributed by atoms with E-state index in [1.165, 1.54) is 4.31 Å². The first-order valence-corrected chi connectivity index (χ1v) is 8.96. The first-order chi connectivity index (χ1) is 11.1. The fourth-order valence-corrected chi connectivity index (χ4v) is 4.00. The average Bonchev–Trinajstić information content (AvgIpc) is 3.00. The van der Waals surface area contributed by atoms with Gasteiger partial charge in [0, 0.05) is 24.7 Å². The molecular weight excluding hydrogens is 312 g/mol. The number of fused-ring (bicyclic) bond motifs is 1. The number of hydrogen-bond acceptors (Lipinski definition) is 3. The van der Waals surface area contributed by atoms with E-state index in [4.69, 9.17) is 0 Å². The van der Waals surface area contributed by atoms with Gasteiger partial charge in [-0.2, -0.15) is 4.31 Å². The summed E-state index contributed by atoms with van der Waals surface area (Å²) in [5.74, 6) is 0.738. The second kappa shape index (κ2) is 6.10. The summed E-state index contributed by atoms with van der Waals surface area (Å²) in [6.07, 6.45) is 5.55. The minimum absolute atomic E-state index is 0.312. The summed E-state index contributed by atoms with van der Waals surface area (Å²) < 4.78 is 28.3. The highest BCUT2D eigenvalue weighted by molar-refractivity contribution is 7.89. The van der Waals surface area contributed by atoms with Gasteiger partial charge in [-0.25, -0.2) is 17.8 Å². The molecule has 120 valence electrons. The van der Waals surface area contributed by atoms with Crippen LogP contribution >= 0.6 is 0 Å². The molecule has 0 aliphatic heterocycles. The summed E-state index contributed by atoms with van der Waals surface area (Å²) >= 11 is 0. The van der Waals surface area contributed by atoms with Crippen LogP contribution in [0.2, 0.25) is 0 Å². The molecule has 0 saturated heterocycles. The third kappa shape index (κ3) is 2.85. The van der Waals surface area contributed by atoms with Crippen molar-refractivity contribution in [2.24, 2.45) is 0 Å². The van der Waals surface area contributed by atoms with E-state index in [0.717, 1.165) is 17.0 Å². The molecule has 0 bridgehead atoms. The van der Waals surface area contributed by atoms with Crippen LogP contribution in [0.3, 0.4) is 0 Å². The number of hydrogen-bond donors (Lipinski definition) is 1. The smallest absolute Gasteiger partial charge is 0.238 e. The fraction of sp³-hybridized carbons (Fsp3) is 0.250. The number of nitrogens with one attached hydrogen (secondary N) is 1. The van der Waals surface area contributed by atoms with E-state index in [2.05, 4.69) is 9.97 Å². The Morgan fingerprint density at radius 2 is 1.87 bits per heavy atom. The summed E-state index contributed by atoms with van der Waals surface area (Å²) in [7, 11) is -3.42. The second-order valence-corrected chi connectivity index (χ2v) is 7.07. The van der Waals surface area contributed by atoms with E-state index in [1.54, 1.807) is 18.3 Å². The summed E-state index contributed by atoms with van der Waals surface area (Å²) in [5.41, 5.74) is 1.80. The standard InChI is InChI=1S/C16H18N4O2S/c1-3-20(4-2)23(21,22)14-8-6-13(7-9-14)15-12-19-11-5-10-17-16(19)18-15/h5-12H,3-4H2,1-2H3/p+1. The van der Waals surface area contributed by atoms with E-state index in [9.17, 15) is 8.42 Å². The first kappa shape index (κ1) is 15.6. The van der Waals surface area contributed by atoms with Gasteiger partial charge in [-0.05, 0) is 12.1 Å². The van der Waals surface area contributed by atoms with Crippen LogP contribution in [0.15, 0.2) is 53.8 Å². The molecule has 3 rings (SSSR count). The van der Waals surface area contributed by atoms with Crippen molar-refractivity contribution in [2.75, 3.05) is 13.1 Å². The predicted molar refractivity (Wildman–Crippen MR) is 87.3 cm³/mol. The van der Waals surface area contributed by atoms with Crippen molar-refractivity contribution in [2.45, 2.75) is 18.7 Å². The van der Waals surface area contributed by atoms with Crippen molar-refractivity contribution < 1.29 is 12.8 Å². The normalized spacial score (nSPS) is 12.1. The number of benzene rings is 1. The Balaban J connectivity index is 1.96. The molecule has 0 saturated carbocycles. The van der Waals surface area contributed by atoms with Gasteiger partial charge < -0.3 is 0 Å². The molecule has 0 spiro atoms. The van der Waals surface area contributed by atoms with E-state index in [-0.39, 0.29) is 0 Å². The number of H-pyrrole nitrogens is 1. The summed E-state index contributed by atoms with van der Waals surface area (Å²) in [4.78, 5) is 7.75. The van der Waals surface area contributed by atoms with Gasteiger partial charge in [0.2, 0.25) is 10.0 Å². The van der Waals surface area contributed by atoms with Crippen LogP contribution in [-0.2, 0) is 10.0 Å². The Labute approximate surface area is 135 Å². The molecule has 0 aliphatic rings. The largest absolute Gasteiger partial charge is 0.401 e. The molecule has 0 amide bonds. The maximum absolute atomic E-state index is 12.5. The van der Waals surface area contributed by atoms with Crippen LogP contribution in [0.5, 0.6) is 0 Å². The molecule has 2 aromatic heterocycles. The Bertz CT molecular complexity index is 880. The van der Waals surface area contributed by atoms with Crippen molar-refractivity contribution in [3.05, 3.63) is 48.9 Å². The molecule has 0 fully saturated rings. The van der Waals surface area contributed by atoms with E-state index in [1.807, 2.05) is 48.8 Å². The number of nitrogens with zero attached hydrogens (tertiary/aromatic N) is 3. The zero-order chi connectivity index (χ0) is 16.4. The van der Waals surface area contributed by atoms with E-state index in [0.29, 0.717) is 18.0 Å². The topological polar surface area (TPSA) is 70.2 Å². The zero-order valence-corrected chi connectivity index (χ0v) is 13.9. The minimum Gasteiger partial charge on any atom is -0.238 e. The van der Waals surface area contributed by atoms with Gasteiger partial charge in [0.15, 0.2) is 0 Å². The van der Waals surface area contributed by atoms with E-state index >= 15 is 0 Å². The van der Waals surface area contributed by atoms with Crippen molar-refractivity contribution >= 4 is 15.8 Å². The minimum atomic E-state index is -3.42. The highest BCUT2D eigenvalue weighted by atomic mass is 32.2. The van der Waals surface area contributed by atoms with Gasteiger partial charge in [-0.3, -0.25) is 0 Å². The Morgan fingerprint density at radius 3 is 2.48 bits per heavy atom. The Morgan fingerprint density at radius 1 is 1.17 bits per heavy atom. The van der Waals surface area contributed by atoms with Crippen LogP contribution in [0, 0.1) is 0 Å². The van der Waals surface area contributed by atoms with Gasteiger partial charge in [-0.1, -0.05) is 31.0 Å². The SMILES string of the molecule is CCN(CC)S(=O)(=O)c1ccc(-c2c[n+]3cccnc3[nH]2)cc1. The van der Waals surface area contributed by atoms with Crippen molar-refractivity contribution in [1.82, 2.24) is 14.3 Å². The Hall–Kier alpha value is -2.25. The lowest BCUT2D eigenvalue weighted by molar-refractivity contribution is -0.512.